The molecule has 1 aromatic heterocycles. The van der Waals surface area contributed by atoms with E-state index in [4.69, 9.17) is 10.5 Å². The van der Waals surface area contributed by atoms with E-state index in [0.717, 1.165) is 15.6 Å². The first-order chi connectivity index (χ1) is 7.22. The van der Waals surface area contributed by atoms with Gasteiger partial charge in [-0.25, -0.2) is 0 Å². The Bertz CT molecular complexity index is 481. The van der Waals surface area contributed by atoms with Crippen molar-refractivity contribution in [1.82, 2.24) is 10.2 Å². The van der Waals surface area contributed by atoms with Crippen LogP contribution < -0.4 is 10.5 Å². The van der Waals surface area contributed by atoms with Gasteiger partial charge in [-0.3, -0.25) is 0 Å². The zero-order chi connectivity index (χ0) is 10.8. The van der Waals surface area contributed by atoms with Gasteiger partial charge in [0.2, 0.25) is 0 Å². The topological polar surface area (TPSA) is 61.0 Å². The first-order valence-corrected chi connectivity index (χ1v) is 5.27. The van der Waals surface area contributed by atoms with Crippen LogP contribution in [-0.4, -0.2) is 17.3 Å². The summed E-state index contributed by atoms with van der Waals surface area (Å²) in [6.45, 7) is 1.92. The summed E-state index contributed by atoms with van der Waals surface area (Å²) in [5, 5.41) is 9.79. The molecule has 2 aromatic rings. The number of benzene rings is 1. The minimum Gasteiger partial charge on any atom is -0.494 e. The third kappa shape index (κ3) is 1.78. The van der Waals surface area contributed by atoms with E-state index in [9.17, 15) is 0 Å². The molecule has 0 unspecified atom stereocenters. The van der Waals surface area contributed by atoms with E-state index >= 15 is 0 Å². The van der Waals surface area contributed by atoms with Crippen molar-refractivity contribution in [3.05, 3.63) is 23.2 Å². The van der Waals surface area contributed by atoms with Gasteiger partial charge in [0, 0.05) is 0 Å². The Labute approximate surface area is 91.7 Å². The molecule has 0 amide bonds. The Morgan fingerprint density at radius 2 is 2.13 bits per heavy atom. The normalized spacial score (nSPS) is 10.3. The third-order valence-corrected chi connectivity index (χ3v) is 2.88. The van der Waals surface area contributed by atoms with Crippen molar-refractivity contribution in [2.75, 3.05) is 12.8 Å². The number of methoxy groups -OCH3 is 1. The van der Waals surface area contributed by atoms with Crippen LogP contribution in [-0.2, 0) is 0 Å². The predicted octanol–water partition coefficient (Wildman–Crippen LogP) is 2.10. The van der Waals surface area contributed by atoms with Gasteiger partial charge in [-0.05, 0) is 19.1 Å². The minimum atomic E-state index is 0.614. The minimum absolute atomic E-state index is 0.614. The van der Waals surface area contributed by atoms with Gasteiger partial charge in [0.15, 0.2) is 10.8 Å². The van der Waals surface area contributed by atoms with Gasteiger partial charge < -0.3 is 10.5 Å². The first kappa shape index (κ1) is 9.92. The molecule has 2 rings (SSSR count). The molecule has 0 bridgehead atoms. The summed E-state index contributed by atoms with van der Waals surface area (Å²) < 4.78 is 5.25. The molecule has 0 saturated carbocycles. The molecule has 1 heterocycles. The summed E-state index contributed by atoms with van der Waals surface area (Å²) in [6, 6.07) is 5.61. The number of anilines is 1. The molecule has 15 heavy (non-hydrogen) atoms. The number of rotatable bonds is 2. The van der Waals surface area contributed by atoms with E-state index in [1.54, 1.807) is 13.2 Å². The lowest BCUT2D eigenvalue weighted by Crippen LogP contribution is -1.94. The van der Waals surface area contributed by atoms with Crippen molar-refractivity contribution in [1.29, 1.82) is 0 Å². The molecule has 0 radical (unpaired) electrons. The molecule has 0 fully saturated rings. The van der Waals surface area contributed by atoms with Crippen LogP contribution in [0.1, 0.15) is 5.01 Å². The maximum atomic E-state index is 5.81. The summed E-state index contributed by atoms with van der Waals surface area (Å²) in [5.74, 6) is 0.661. The van der Waals surface area contributed by atoms with Gasteiger partial charge in [-0.2, -0.15) is 0 Å². The van der Waals surface area contributed by atoms with Crippen molar-refractivity contribution in [3.8, 4) is 16.3 Å². The largest absolute Gasteiger partial charge is 0.494 e. The number of nitrogen functional groups attached to an aromatic ring is 1. The SMILES string of the molecule is COc1c(N)cccc1-c1nnc(C)s1. The van der Waals surface area contributed by atoms with E-state index in [1.165, 1.54) is 11.3 Å². The average Bonchev–Trinajstić information content (AvgIpc) is 2.64. The molecule has 0 atom stereocenters. The number of ether oxygens (including phenoxy) is 1. The van der Waals surface area contributed by atoms with Crippen LogP contribution in [0.3, 0.4) is 0 Å². The Hall–Kier alpha value is -1.62. The van der Waals surface area contributed by atoms with E-state index in [0.29, 0.717) is 11.4 Å². The molecule has 0 aliphatic carbocycles. The number of nitrogens with two attached hydrogens (primary N) is 1. The number of aromatic nitrogens is 2. The first-order valence-electron chi connectivity index (χ1n) is 4.45. The lowest BCUT2D eigenvalue weighted by Gasteiger charge is -2.07. The fourth-order valence-electron chi connectivity index (χ4n) is 1.36. The Balaban J connectivity index is 2.57. The molecule has 1 aromatic carbocycles. The van der Waals surface area contributed by atoms with E-state index in [1.807, 2.05) is 19.1 Å². The number of hydrogen-bond donors (Lipinski definition) is 1. The van der Waals surface area contributed by atoms with Gasteiger partial charge in [0.05, 0.1) is 18.4 Å². The second-order valence-corrected chi connectivity index (χ2v) is 4.24. The number of para-hydroxylation sites is 1. The molecular weight excluding hydrogens is 210 g/mol. The summed E-state index contributed by atoms with van der Waals surface area (Å²) >= 11 is 1.52. The zero-order valence-corrected chi connectivity index (χ0v) is 9.34. The summed E-state index contributed by atoms with van der Waals surface area (Å²) in [7, 11) is 1.60. The molecule has 0 spiro atoms. The predicted molar refractivity (Wildman–Crippen MR) is 61.0 cm³/mol. The van der Waals surface area contributed by atoms with Crippen LogP contribution in [0.4, 0.5) is 5.69 Å². The molecule has 0 aliphatic rings. The van der Waals surface area contributed by atoms with Crippen molar-refractivity contribution in [2.45, 2.75) is 6.92 Å². The Morgan fingerprint density at radius 1 is 1.33 bits per heavy atom. The second kappa shape index (κ2) is 3.86. The maximum Gasteiger partial charge on any atom is 0.152 e. The summed E-state index contributed by atoms with van der Waals surface area (Å²) in [5.41, 5.74) is 7.31. The average molecular weight is 221 g/mol. The van der Waals surface area contributed by atoms with Gasteiger partial charge in [-0.15, -0.1) is 10.2 Å². The van der Waals surface area contributed by atoms with Crippen molar-refractivity contribution in [3.63, 3.8) is 0 Å². The number of nitrogens with zero attached hydrogens (tertiary/aromatic N) is 2. The fourth-order valence-corrected chi connectivity index (χ4v) is 2.07. The highest BCUT2D eigenvalue weighted by Crippen LogP contribution is 2.35. The van der Waals surface area contributed by atoms with Gasteiger partial charge in [-0.1, -0.05) is 17.4 Å². The van der Waals surface area contributed by atoms with Crippen molar-refractivity contribution < 1.29 is 4.74 Å². The quantitative estimate of drug-likeness (QED) is 0.789. The molecule has 0 aliphatic heterocycles. The highest BCUT2D eigenvalue weighted by atomic mass is 32.1. The van der Waals surface area contributed by atoms with Crippen LogP contribution in [0, 0.1) is 6.92 Å². The highest BCUT2D eigenvalue weighted by molar-refractivity contribution is 7.14. The molecule has 2 N–H and O–H groups in total. The molecule has 78 valence electrons. The third-order valence-electron chi connectivity index (χ3n) is 2.01. The number of aryl methyl sites for hydroxylation is 1. The van der Waals surface area contributed by atoms with Crippen molar-refractivity contribution in [2.24, 2.45) is 0 Å². The Kier molecular flexibility index (Phi) is 2.55. The monoisotopic (exact) mass is 221 g/mol. The highest BCUT2D eigenvalue weighted by Gasteiger charge is 2.12. The summed E-state index contributed by atoms with van der Waals surface area (Å²) in [4.78, 5) is 0. The van der Waals surface area contributed by atoms with E-state index in [2.05, 4.69) is 10.2 Å². The molecular formula is C10H11N3OS. The van der Waals surface area contributed by atoms with Crippen LogP contribution >= 0.6 is 11.3 Å². The van der Waals surface area contributed by atoms with Crippen LogP contribution in [0.5, 0.6) is 5.75 Å². The van der Waals surface area contributed by atoms with Gasteiger partial charge >= 0.3 is 0 Å². The van der Waals surface area contributed by atoms with Crippen molar-refractivity contribution >= 4 is 17.0 Å². The standard InChI is InChI=1S/C10H11N3OS/c1-6-12-13-10(15-6)7-4-3-5-8(11)9(7)14-2/h3-5H,11H2,1-2H3. The number of hydrogen-bond acceptors (Lipinski definition) is 5. The fraction of sp³-hybridized carbons (Fsp3) is 0.200. The smallest absolute Gasteiger partial charge is 0.152 e. The van der Waals surface area contributed by atoms with Crippen LogP contribution in [0.2, 0.25) is 0 Å². The zero-order valence-electron chi connectivity index (χ0n) is 8.52. The Morgan fingerprint density at radius 3 is 2.73 bits per heavy atom. The van der Waals surface area contributed by atoms with Crippen LogP contribution in [0.15, 0.2) is 18.2 Å². The molecule has 4 nitrogen and oxygen atoms in total. The molecule has 0 saturated heterocycles. The lowest BCUT2D eigenvalue weighted by atomic mass is 10.2. The summed E-state index contributed by atoms with van der Waals surface area (Å²) in [6.07, 6.45) is 0. The lowest BCUT2D eigenvalue weighted by molar-refractivity contribution is 0.418. The molecule has 5 heteroatoms. The van der Waals surface area contributed by atoms with E-state index < -0.39 is 0 Å². The van der Waals surface area contributed by atoms with Gasteiger partial charge in [0.1, 0.15) is 5.01 Å². The van der Waals surface area contributed by atoms with Gasteiger partial charge in [0.25, 0.3) is 0 Å². The van der Waals surface area contributed by atoms with E-state index in [-0.39, 0.29) is 0 Å². The maximum absolute atomic E-state index is 5.81. The van der Waals surface area contributed by atoms with Crippen LogP contribution in [0.25, 0.3) is 10.6 Å². The second-order valence-electron chi connectivity index (χ2n) is 3.05.